The molecule has 2 heterocycles. The highest BCUT2D eigenvalue weighted by Crippen LogP contribution is 2.42. The van der Waals surface area contributed by atoms with Gasteiger partial charge in [0.05, 0.1) is 11.8 Å². The van der Waals surface area contributed by atoms with Gasteiger partial charge in [-0.15, -0.1) is 0 Å². The quantitative estimate of drug-likeness (QED) is 0.819. The number of likely N-dealkylation sites (N-methyl/N-ethyl adjacent to an activating group) is 1. The summed E-state index contributed by atoms with van der Waals surface area (Å²) in [5.41, 5.74) is 3.73. The molecule has 0 saturated heterocycles. The van der Waals surface area contributed by atoms with E-state index >= 15 is 0 Å². The van der Waals surface area contributed by atoms with Crippen LogP contribution in [0, 0.1) is 11.8 Å². The third-order valence-electron chi connectivity index (χ3n) is 5.73. The van der Waals surface area contributed by atoms with E-state index in [-0.39, 0.29) is 23.7 Å². The summed E-state index contributed by atoms with van der Waals surface area (Å²) in [4.78, 5) is 33.2. The Balaban J connectivity index is 1.29. The van der Waals surface area contributed by atoms with Crippen LogP contribution in [0.25, 0.3) is 0 Å². The Bertz CT molecular complexity index is 836. The monoisotopic (exact) mass is 363 g/mol. The molecule has 1 fully saturated rings. The molecule has 2 aromatic rings. The van der Waals surface area contributed by atoms with E-state index in [1.807, 2.05) is 36.2 Å². The molecule has 5 nitrogen and oxygen atoms in total. The molecule has 2 unspecified atom stereocenters. The summed E-state index contributed by atoms with van der Waals surface area (Å²) in [6.45, 7) is 2.09. The number of pyridine rings is 1. The molecule has 2 amide bonds. The van der Waals surface area contributed by atoms with E-state index in [9.17, 15) is 9.59 Å². The number of fused-ring (bicyclic) bond motifs is 1. The molecule has 0 bridgehead atoms. The molecule has 1 aliphatic heterocycles. The summed E-state index contributed by atoms with van der Waals surface area (Å²) in [5.74, 6) is -0.0338. The Hall–Kier alpha value is -2.69. The Labute approximate surface area is 160 Å². The molecular weight excluding hydrogens is 338 g/mol. The normalized spacial score (nSPS) is 20.7. The second kappa shape index (κ2) is 7.51. The fourth-order valence-corrected chi connectivity index (χ4v) is 3.90. The molecule has 1 saturated carbocycles. The SMILES string of the molecule is CN(CCc1ccncc1)C(=O)C1CC1C(=O)N1CCc2ccccc2C1. The van der Waals surface area contributed by atoms with Crippen LogP contribution in [0.3, 0.4) is 0 Å². The zero-order valence-corrected chi connectivity index (χ0v) is 15.7. The van der Waals surface area contributed by atoms with Gasteiger partial charge in [-0.1, -0.05) is 24.3 Å². The molecule has 2 aliphatic rings. The van der Waals surface area contributed by atoms with Gasteiger partial charge in [-0.25, -0.2) is 0 Å². The van der Waals surface area contributed by atoms with Crippen LogP contribution >= 0.6 is 0 Å². The van der Waals surface area contributed by atoms with E-state index in [1.54, 1.807) is 17.3 Å². The van der Waals surface area contributed by atoms with Crippen LogP contribution in [-0.2, 0) is 29.0 Å². The zero-order chi connectivity index (χ0) is 18.8. The molecule has 140 valence electrons. The van der Waals surface area contributed by atoms with Crippen molar-refractivity contribution in [3.05, 3.63) is 65.5 Å². The second-order valence-corrected chi connectivity index (χ2v) is 7.59. The first-order chi connectivity index (χ1) is 13.1. The first-order valence-corrected chi connectivity index (χ1v) is 9.63. The Kier molecular flexibility index (Phi) is 4.92. The van der Waals surface area contributed by atoms with Crippen LogP contribution in [0.1, 0.15) is 23.1 Å². The van der Waals surface area contributed by atoms with E-state index in [0.717, 1.165) is 19.4 Å². The van der Waals surface area contributed by atoms with E-state index < -0.39 is 0 Å². The number of amides is 2. The van der Waals surface area contributed by atoms with Crippen molar-refractivity contribution >= 4 is 11.8 Å². The van der Waals surface area contributed by atoms with E-state index in [1.165, 1.54) is 16.7 Å². The van der Waals surface area contributed by atoms with Gasteiger partial charge in [0.2, 0.25) is 11.8 Å². The number of hydrogen-bond donors (Lipinski definition) is 0. The minimum atomic E-state index is -0.142. The lowest BCUT2D eigenvalue weighted by Crippen LogP contribution is -2.38. The molecule has 0 N–H and O–H groups in total. The van der Waals surface area contributed by atoms with E-state index in [4.69, 9.17) is 0 Å². The van der Waals surface area contributed by atoms with Gasteiger partial charge < -0.3 is 9.80 Å². The molecule has 1 aromatic heterocycles. The summed E-state index contributed by atoms with van der Waals surface area (Å²) in [6.07, 6.45) is 5.93. The lowest BCUT2D eigenvalue weighted by Gasteiger charge is -2.29. The van der Waals surface area contributed by atoms with Gasteiger partial charge in [0, 0.05) is 39.1 Å². The molecule has 27 heavy (non-hydrogen) atoms. The van der Waals surface area contributed by atoms with Crippen molar-refractivity contribution in [1.82, 2.24) is 14.8 Å². The molecule has 4 rings (SSSR count). The number of hydrogen-bond acceptors (Lipinski definition) is 3. The molecule has 0 spiro atoms. The van der Waals surface area contributed by atoms with Crippen molar-refractivity contribution in [2.24, 2.45) is 11.8 Å². The second-order valence-electron chi connectivity index (χ2n) is 7.59. The maximum atomic E-state index is 12.8. The van der Waals surface area contributed by atoms with Crippen LogP contribution in [0.2, 0.25) is 0 Å². The molecule has 5 heteroatoms. The fourth-order valence-electron chi connectivity index (χ4n) is 3.90. The summed E-state index contributed by atoms with van der Waals surface area (Å²) in [5, 5.41) is 0. The minimum Gasteiger partial charge on any atom is -0.345 e. The van der Waals surface area contributed by atoms with E-state index in [0.29, 0.717) is 19.5 Å². The molecule has 1 aliphatic carbocycles. The molecular formula is C22H25N3O2. The van der Waals surface area contributed by atoms with Gasteiger partial charge in [-0.2, -0.15) is 0 Å². The summed E-state index contributed by atoms with van der Waals surface area (Å²) in [6, 6.07) is 12.2. The van der Waals surface area contributed by atoms with E-state index in [2.05, 4.69) is 17.1 Å². The van der Waals surface area contributed by atoms with Crippen molar-refractivity contribution < 1.29 is 9.59 Å². The number of carbonyl (C=O) groups is 2. The number of carbonyl (C=O) groups excluding carboxylic acids is 2. The van der Waals surface area contributed by atoms with Crippen molar-refractivity contribution in [1.29, 1.82) is 0 Å². The lowest BCUT2D eigenvalue weighted by atomic mass is 9.99. The van der Waals surface area contributed by atoms with Gasteiger partial charge in [0.1, 0.15) is 0 Å². The number of aromatic nitrogens is 1. The Morgan fingerprint density at radius 2 is 1.85 bits per heavy atom. The predicted molar refractivity (Wildman–Crippen MR) is 103 cm³/mol. The van der Waals surface area contributed by atoms with Crippen LogP contribution < -0.4 is 0 Å². The molecule has 2 atom stereocenters. The molecule has 0 radical (unpaired) electrons. The Morgan fingerprint density at radius 3 is 2.63 bits per heavy atom. The Morgan fingerprint density at radius 1 is 1.11 bits per heavy atom. The summed E-state index contributed by atoms with van der Waals surface area (Å²) in [7, 11) is 1.83. The highest BCUT2D eigenvalue weighted by Gasteiger charge is 2.50. The minimum absolute atomic E-state index is 0.0971. The van der Waals surface area contributed by atoms with Crippen LogP contribution in [0.4, 0.5) is 0 Å². The average Bonchev–Trinajstić information content (AvgIpc) is 3.52. The third-order valence-corrected chi connectivity index (χ3v) is 5.73. The third kappa shape index (κ3) is 3.87. The van der Waals surface area contributed by atoms with Gasteiger partial charge in [0.15, 0.2) is 0 Å². The first-order valence-electron chi connectivity index (χ1n) is 9.63. The predicted octanol–water partition coefficient (Wildman–Crippen LogP) is 2.30. The highest BCUT2D eigenvalue weighted by atomic mass is 16.2. The number of nitrogens with zero attached hydrogens (tertiary/aromatic N) is 3. The van der Waals surface area contributed by atoms with Crippen molar-refractivity contribution in [3.63, 3.8) is 0 Å². The molecule has 1 aromatic carbocycles. The smallest absolute Gasteiger partial charge is 0.226 e. The van der Waals surface area contributed by atoms with Gasteiger partial charge in [0.25, 0.3) is 0 Å². The van der Waals surface area contributed by atoms with Crippen LogP contribution in [0.5, 0.6) is 0 Å². The van der Waals surface area contributed by atoms with Gasteiger partial charge in [-0.3, -0.25) is 14.6 Å². The maximum Gasteiger partial charge on any atom is 0.226 e. The lowest BCUT2D eigenvalue weighted by molar-refractivity contribution is -0.137. The van der Waals surface area contributed by atoms with Crippen molar-refractivity contribution in [2.45, 2.75) is 25.8 Å². The van der Waals surface area contributed by atoms with Crippen molar-refractivity contribution in [2.75, 3.05) is 20.1 Å². The van der Waals surface area contributed by atoms with Crippen LogP contribution in [0.15, 0.2) is 48.8 Å². The number of rotatable bonds is 5. The standard InChI is InChI=1S/C22H25N3O2/c1-24(12-8-16-6-10-23-11-7-16)21(26)19-14-20(19)22(27)25-13-9-17-4-2-3-5-18(17)15-25/h2-7,10-11,19-20H,8-9,12-15H2,1H3. The van der Waals surface area contributed by atoms with Crippen LogP contribution in [-0.4, -0.2) is 46.7 Å². The fraction of sp³-hybridized carbons (Fsp3) is 0.409. The average molecular weight is 363 g/mol. The van der Waals surface area contributed by atoms with Gasteiger partial charge in [-0.05, 0) is 48.1 Å². The largest absolute Gasteiger partial charge is 0.345 e. The zero-order valence-electron chi connectivity index (χ0n) is 15.7. The first kappa shape index (κ1) is 17.7. The van der Waals surface area contributed by atoms with Crippen molar-refractivity contribution in [3.8, 4) is 0 Å². The number of benzene rings is 1. The topological polar surface area (TPSA) is 53.5 Å². The summed E-state index contributed by atoms with van der Waals surface area (Å²) < 4.78 is 0. The maximum absolute atomic E-state index is 12.8. The van der Waals surface area contributed by atoms with Gasteiger partial charge >= 0.3 is 0 Å². The highest BCUT2D eigenvalue weighted by molar-refractivity contribution is 5.92. The summed E-state index contributed by atoms with van der Waals surface area (Å²) >= 11 is 0.